The molecule has 0 fully saturated rings. The second-order valence-corrected chi connectivity index (χ2v) is 7.53. The largest absolute Gasteiger partial charge is 0.495 e. The molecule has 0 saturated carbocycles. The van der Waals surface area contributed by atoms with Gasteiger partial charge in [0, 0.05) is 29.2 Å². The Morgan fingerprint density at radius 3 is 2.29 bits per heavy atom. The minimum Gasteiger partial charge on any atom is -0.495 e. The van der Waals surface area contributed by atoms with Crippen molar-refractivity contribution in [2.75, 3.05) is 7.11 Å². The van der Waals surface area contributed by atoms with E-state index in [1.807, 2.05) is 13.8 Å². The molecule has 21 heavy (non-hydrogen) atoms. The van der Waals surface area contributed by atoms with E-state index in [-0.39, 0.29) is 17.0 Å². The van der Waals surface area contributed by atoms with Crippen LogP contribution < -0.4 is 14.8 Å². The third kappa shape index (κ3) is 5.14. The molecule has 1 rings (SSSR count). The van der Waals surface area contributed by atoms with Crippen LogP contribution in [0.1, 0.15) is 33.3 Å². The zero-order valence-electron chi connectivity index (χ0n) is 13.0. The first-order valence-electron chi connectivity index (χ1n) is 6.79. The molecule has 0 aliphatic heterocycles. The van der Waals surface area contributed by atoms with Gasteiger partial charge in [-0.25, -0.2) is 13.1 Å². The molecule has 0 heterocycles. The van der Waals surface area contributed by atoms with Crippen LogP contribution in [0.3, 0.4) is 0 Å². The molecule has 0 bridgehead atoms. The summed E-state index contributed by atoms with van der Waals surface area (Å²) in [5, 5.41) is 3.59. The Morgan fingerprint density at radius 2 is 1.81 bits per heavy atom. The van der Waals surface area contributed by atoms with Crippen LogP contribution in [-0.2, 0) is 16.6 Å². The van der Waals surface area contributed by atoms with Crippen molar-refractivity contribution in [2.45, 2.75) is 51.2 Å². The van der Waals surface area contributed by atoms with E-state index in [9.17, 15) is 8.42 Å². The Labute approximate surface area is 132 Å². The van der Waals surface area contributed by atoms with Crippen LogP contribution in [0.15, 0.2) is 17.0 Å². The van der Waals surface area contributed by atoms with Crippen molar-refractivity contribution < 1.29 is 13.2 Å². The number of ether oxygens (including phenoxy) is 1. The fourth-order valence-corrected chi connectivity index (χ4v) is 3.67. The van der Waals surface area contributed by atoms with Crippen molar-refractivity contribution in [2.24, 2.45) is 0 Å². The van der Waals surface area contributed by atoms with Crippen LogP contribution in [0.5, 0.6) is 5.75 Å². The summed E-state index contributed by atoms with van der Waals surface area (Å²) in [5.41, 5.74) is 0.711. The van der Waals surface area contributed by atoms with E-state index in [4.69, 9.17) is 16.3 Å². The summed E-state index contributed by atoms with van der Waals surface area (Å²) in [5.74, 6) is 0.320. The highest BCUT2D eigenvalue weighted by Crippen LogP contribution is 2.32. The lowest BCUT2D eigenvalue weighted by Crippen LogP contribution is -2.31. The Kier molecular flexibility index (Phi) is 6.46. The number of halogens is 1. The van der Waals surface area contributed by atoms with E-state index in [1.54, 1.807) is 19.9 Å². The van der Waals surface area contributed by atoms with Gasteiger partial charge >= 0.3 is 0 Å². The number of benzene rings is 1. The van der Waals surface area contributed by atoms with Crippen LogP contribution in [-0.4, -0.2) is 27.6 Å². The van der Waals surface area contributed by atoms with E-state index in [0.717, 1.165) is 0 Å². The average molecular weight is 335 g/mol. The van der Waals surface area contributed by atoms with Crippen LogP contribution in [0.2, 0.25) is 5.02 Å². The van der Waals surface area contributed by atoms with Gasteiger partial charge in [-0.15, -0.1) is 0 Å². The highest BCUT2D eigenvalue weighted by Gasteiger charge is 2.23. The van der Waals surface area contributed by atoms with Gasteiger partial charge in [0.05, 0.1) is 7.11 Å². The molecule has 0 aromatic heterocycles. The fourth-order valence-electron chi connectivity index (χ4n) is 1.87. The lowest BCUT2D eigenvalue weighted by Gasteiger charge is -2.17. The predicted molar refractivity (Wildman–Crippen MR) is 85.4 cm³/mol. The number of nitrogens with one attached hydrogen (secondary N) is 2. The molecule has 5 nitrogen and oxygen atoms in total. The maximum absolute atomic E-state index is 12.4. The fraction of sp³-hybridized carbons (Fsp3) is 0.571. The van der Waals surface area contributed by atoms with Gasteiger partial charge < -0.3 is 10.1 Å². The average Bonchev–Trinajstić information content (AvgIpc) is 2.34. The van der Waals surface area contributed by atoms with Gasteiger partial charge in [0.1, 0.15) is 10.6 Å². The Bertz CT molecular complexity index is 586. The summed E-state index contributed by atoms with van der Waals surface area (Å²) in [6, 6.07) is 3.17. The summed E-state index contributed by atoms with van der Waals surface area (Å²) < 4.78 is 32.6. The van der Waals surface area contributed by atoms with Gasteiger partial charge in [0.25, 0.3) is 0 Å². The van der Waals surface area contributed by atoms with Crippen LogP contribution in [0.25, 0.3) is 0 Å². The number of rotatable bonds is 7. The summed E-state index contributed by atoms with van der Waals surface area (Å²) >= 11 is 6.06. The molecule has 0 amide bonds. The molecule has 0 spiro atoms. The molecule has 0 unspecified atom stereocenters. The number of methoxy groups -OCH3 is 1. The topological polar surface area (TPSA) is 67.4 Å². The standard InChI is InChI=1S/C14H23ClN2O3S/c1-9(2)16-8-11-6-12(15)7-13(14(11)20-5)21(18,19)17-10(3)4/h6-7,9-10,16-17H,8H2,1-5H3. The SMILES string of the molecule is COc1c(CNC(C)C)cc(Cl)cc1S(=O)(=O)NC(C)C. The first-order chi connectivity index (χ1) is 9.67. The molecule has 1 aromatic rings. The minimum absolute atomic E-state index is 0.0618. The molecule has 0 saturated heterocycles. The third-order valence-corrected chi connectivity index (χ3v) is 4.56. The summed E-state index contributed by atoms with van der Waals surface area (Å²) in [4.78, 5) is 0.0618. The van der Waals surface area contributed by atoms with Crippen LogP contribution in [0, 0.1) is 0 Å². The second kappa shape index (κ2) is 7.45. The monoisotopic (exact) mass is 334 g/mol. The predicted octanol–water partition coefficient (Wildman–Crippen LogP) is 2.53. The molecular formula is C14H23ClN2O3S. The van der Waals surface area contributed by atoms with Crippen molar-refractivity contribution in [1.29, 1.82) is 0 Å². The van der Waals surface area contributed by atoms with Gasteiger partial charge in [0.15, 0.2) is 0 Å². The number of sulfonamides is 1. The molecule has 0 aliphatic rings. The summed E-state index contributed by atoms with van der Waals surface area (Å²) in [7, 11) is -2.22. The van der Waals surface area contributed by atoms with Crippen LogP contribution in [0.4, 0.5) is 0 Å². The van der Waals surface area contributed by atoms with E-state index in [0.29, 0.717) is 22.9 Å². The Morgan fingerprint density at radius 1 is 1.19 bits per heavy atom. The van der Waals surface area contributed by atoms with Crippen molar-refractivity contribution in [1.82, 2.24) is 10.0 Å². The third-order valence-electron chi connectivity index (χ3n) is 2.68. The highest BCUT2D eigenvalue weighted by atomic mass is 35.5. The highest BCUT2D eigenvalue weighted by molar-refractivity contribution is 7.89. The molecule has 0 radical (unpaired) electrons. The van der Waals surface area contributed by atoms with E-state index >= 15 is 0 Å². The van der Waals surface area contributed by atoms with Crippen LogP contribution >= 0.6 is 11.6 Å². The molecule has 120 valence electrons. The first-order valence-corrected chi connectivity index (χ1v) is 8.65. The van der Waals surface area contributed by atoms with Crippen molar-refractivity contribution >= 4 is 21.6 Å². The minimum atomic E-state index is -3.67. The maximum Gasteiger partial charge on any atom is 0.244 e. The van der Waals surface area contributed by atoms with Gasteiger partial charge in [-0.3, -0.25) is 0 Å². The Balaban J connectivity index is 3.32. The van der Waals surface area contributed by atoms with Gasteiger partial charge in [-0.1, -0.05) is 25.4 Å². The lowest BCUT2D eigenvalue weighted by molar-refractivity contribution is 0.394. The van der Waals surface area contributed by atoms with E-state index < -0.39 is 10.0 Å². The van der Waals surface area contributed by atoms with Gasteiger partial charge in [-0.2, -0.15) is 0 Å². The maximum atomic E-state index is 12.4. The summed E-state index contributed by atoms with van der Waals surface area (Å²) in [6.07, 6.45) is 0. The van der Waals surface area contributed by atoms with E-state index in [2.05, 4.69) is 10.0 Å². The molecule has 2 N–H and O–H groups in total. The van der Waals surface area contributed by atoms with Gasteiger partial charge in [-0.05, 0) is 26.0 Å². The molecule has 7 heteroatoms. The smallest absolute Gasteiger partial charge is 0.244 e. The second-order valence-electron chi connectivity index (χ2n) is 5.41. The molecular weight excluding hydrogens is 312 g/mol. The zero-order valence-corrected chi connectivity index (χ0v) is 14.6. The number of hydrogen-bond donors (Lipinski definition) is 2. The number of hydrogen-bond acceptors (Lipinski definition) is 4. The Hall–Kier alpha value is -0.820. The van der Waals surface area contributed by atoms with Gasteiger partial charge in [0.2, 0.25) is 10.0 Å². The molecule has 1 aromatic carbocycles. The van der Waals surface area contributed by atoms with E-state index in [1.165, 1.54) is 13.2 Å². The normalized spacial score (nSPS) is 12.2. The van der Waals surface area contributed by atoms with Crippen molar-refractivity contribution in [3.05, 3.63) is 22.7 Å². The lowest BCUT2D eigenvalue weighted by atomic mass is 10.2. The first kappa shape index (κ1) is 18.2. The summed E-state index contributed by atoms with van der Waals surface area (Å²) in [6.45, 7) is 8.02. The molecule has 0 atom stereocenters. The van der Waals surface area contributed by atoms with Crippen molar-refractivity contribution in [3.8, 4) is 5.75 Å². The van der Waals surface area contributed by atoms with Crippen molar-refractivity contribution in [3.63, 3.8) is 0 Å². The quantitative estimate of drug-likeness (QED) is 0.804. The zero-order chi connectivity index (χ0) is 16.2. The molecule has 0 aliphatic carbocycles.